The van der Waals surface area contributed by atoms with E-state index in [0.29, 0.717) is 13.0 Å². The highest BCUT2D eigenvalue weighted by Crippen LogP contribution is 2.27. The highest BCUT2D eigenvalue weighted by Gasteiger charge is 2.36. The van der Waals surface area contributed by atoms with Crippen molar-refractivity contribution in [2.75, 3.05) is 6.54 Å². The molecular formula is C14H18N4O2S. The molecule has 1 aliphatic rings. The molecule has 0 saturated carbocycles. The van der Waals surface area contributed by atoms with Gasteiger partial charge < -0.3 is 4.57 Å². The van der Waals surface area contributed by atoms with Crippen LogP contribution in [0.4, 0.5) is 0 Å². The lowest BCUT2D eigenvalue weighted by molar-refractivity contribution is 0.382. The summed E-state index contributed by atoms with van der Waals surface area (Å²) in [4.78, 5) is 8.29. The second-order valence-electron chi connectivity index (χ2n) is 5.31. The Labute approximate surface area is 124 Å². The van der Waals surface area contributed by atoms with Crippen molar-refractivity contribution < 1.29 is 8.42 Å². The summed E-state index contributed by atoms with van der Waals surface area (Å²) in [6, 6.07) is 5.69. The van der Waals surface area contributed by atoms with Crippen molar-refractivity contribution in [3.8, 4) is 0 Å². The van der Waals surface area contributed by atoms with Crippen LogP contribution in [0.5, 0.6) is 0 Å². The first-order chi connectivity index (χ1) is 10.1. The van der Waals surface area contributed by atoms with Gasteiger partial charge in [-0.2, -0.15) is 4.31 Å². The van der Waals surface area contributed by atoms with Crippen LogP contribution in [-0.2, 0) is 23.5 Å². The molecule has 3 rings (SSSR count). The standard InChI is InChI=1S/C14H18N4O2S/c1-17-10-14(16-11-17)21(19,20)18-8-4-6-13(18)9-12-5-2-3-7-15-12/h2-3,5,7,10-11,13H,4,6,8-9H2,1H3/t13-/m0/s1. The third-order valence-electron chi connectivity index (χ3n) is 3.75. The monoisotopic (exact) mass is 306 g/mol. The lowest BCUT2D eigenvalue weighted by Gasteiger charge is -2.22. The van der Waals surface area contributed by atoms with Crippen LogP contribution in [0, 0.1) is 0 Å². The zero-order valence-corrected chi connectivity index (χ0v) is 12.7. The summed E-state index contributed by atoms with van der Waals surface area (Å²) in [5.41, 5.74) is 0.922. The predicted octanol–water partition coefficient (Wildman–Crippen LogP) is 1.21. The normalized spacial score (nSPS) is 20.0. The Kier molecular flexibility index (Phi) is 3.77. The van der Waals surface area contributed by atoms with Gasteiger partial charge in [-0.1, -0.05) is 6.07 Å². The lowest BCUT2D eigenvalue weighted by atomic mass is 10.1. The number of aromatic nitrogens is 3. The number of rotatable bonds is 4. The van der Waals surface area contributed by atoms with Crippen molar-refractivity contribution in [3.63, 3.8) is 0 Å². The zero-order valence-electron chi connectivity index (χ0n) is 11.9. The van der Waals surface area contributed by atoms with Crippen molar-refractivity contribution in [3.05, 3.63) is 42.6 Å². The van der Waals surface area contributed by atoms with Crippen LogP contribution in [0.1, 0.15) is 18.5 Å². The first-order valence-corrected chi connectivity index (χ1v) is 8.41. The summed E-state index contributed by atoms with van der Waals surface area (Å²) in [5.74, 6) is 0. The topological polar surface area (TPSA) is 68.1 Å². The number of hydrogen-bond acceptors (Lipinski definition) is 4. The molecule has 0 N–H and O–H groups in total. The van der Waals surface area contributed by atoms with Crippen molar-refractivity contribution in [1.29, 1.82) is 0 Å². The maximum Gasteiger partial charge on any atom is 0.262 e. The molecule has 3 heterocycles. The molecule has 2 aromatic rings. The molecule has 1 atom stereocenters. The average Bonchev–Trinajstić information content (AvgIpc) is 3.09. The minimum atomic E-state index is -3.51. The molecule has 7 heteroatoms. The fourth-order valence-corrected chi connectivity index (χ4v) is 4.39. The van der Waals surface area contributed by atoms with Crippen molar-refractivity contribution >= 4 is 10.0 Å². The van der Waals surface area contributed by atoms with Gasteiger partial charge in [0.1, 0.15) is 0 Å². The number of nitrogens with zero attached hydrogens (tertiary/aromatic N) is 4. The molecule has 0 spiro atoms. The fourth-order valence-electron chi connectivity index (χ4n) is 2.73. The van der Waals surface area contributed by atoms with Gasteiger partial charge >= 0.3 is 0 Å². The second kappa shape index (κ2) is 5.57. The quantitative estimate of drug-likeness (QED) is 0.851. The van der Waals surface area contributed by atoms with Gasteiger partial charge in [-0.15, -0.1) is 0 Å². The molecule has 0 unspecified atom stereocenters. The third-order valence-corrected chi connectivity index (χ3v) is 5.59. The summed E-state index contributed by atoms with van der Waals surface area (Å²) >= 11 is 0. The summed E-state index contributed by atoms with van der Waals surface area (Å²) in [7, 11) is -1.75. The highest BCUT2D eigenvalue weighted by molar-refractivity contribution is 7.89. The molecular weight excluding hydrogens is 288 g/mol. The molecule has 0 aromatic carbocycles. The summed E-state index contributed by atoms with van der Waals surface area (Å²) in [6.45, 7) is 0.552. The second-order valence-corrected chi connectivity index (χ2v) is 7.15. The SMILES string of the molecule is Cn1cnc(S(=O)(=O)N2CCC[C@H]2Cc2ccccn2)c1. The first kappa shape index (κ1) is 14.2. The van der Waals surface area contributed by atoms with Gasteiger partial charge in [-0.05, 0) is 25.0 Å². The number of pyridine rings is 1. The molecule has 21 heavy (non-hydrogen) atoms. The van der Waals surface area contributed by atoms with Gasteiger partial charge in [0.25, 0.3) is 10.0 Å². The third kappa shape index (κ3) is 2.84. The lowest BCUT2D eigenvalue weighted by Crippen LogP contribution is -2.37. The maximum atomic E-state index is 12.7. The van der Waals surface area contributed by atoms with E-state index >= 15 is 0 Å². The molecule has 1 aliphatic heterocycles. The number of sulfonamides is 1. The molecule has 0 amide bonds. The maximum absolute atomic E-state index is 12.7. The van der Waals surface area contributed by atoms with Crippen LogP contribution in [-0.4, -0.2) is 39.8 Å². The van der Waals surface area contributed by atoms with Gasteiger partial charge in [-0.25, -0.2) is 13.4 Å². The Balaban J connectivity index is 1.84. The zero-order chi connectivity index (χ0) is 14.9. The Morgan fingerprint density at radius 1 is 1.33 bits per heavy atom. The smallest absolute Gasteiger partial charge is 0.262 e. The van der Waals surface area contributed by atoms with Gasteiger partial charge in [0, 0.05) is 44.1 Å². The summed E-state index contributed by atoms with van der Waals surface area (Å²) in [6.07, 6.45) is 7.18. The first-order valence-electron chi connectivity index (χ1n) is 6.97. The van der Waals surface area contributed by atoms with Gasteiger partial charge in [0.2, 0.25) is 0 Å². The summed E-state index contributed by atoms with van der Waals surface area (Å²) in [5, 5.41) is 0.123. The van der Waals surface area contributed by atoms with Gasteiger partial charge in [0.15, 0.2) is 5.03 Å². The Morgan fingerprint density at radius 3 is 2.86 bits per heavy atom. The summed E-state index contributed by atoms with van der Waals surface area (Å²) < 4.78 is 28.6. The fraction of sp³-hybridized carbons (Fsp3) is 0.429. The van der Waals surface area contributed by atoms with E-state index in [0.717, 1.165) is 18.5 Å². The molecule has 0 bridgehead atoms. The van der Waals surface area contributed by atoms with Crippen LogP contribution in [0.3, 0.4) is 0 Å². The molecule has 1 saturated heterocycles. The Hall–Kier alpha value is -1.73. The van der Waals surface area contributed by atoms with Crippen molar-refractivity contribution in [2.24, 2.45) is 7.05 Å². The van der Waals surface area contributed by atoms with Gasteiger partial charge in [0.05, 0.1) is 6.33 Å². The minimum Gasteiger partial charge on any atom is -0.339 e. The Morgan fingerprint density at radius 2 is 2.19 bits per heavy atom. The van der Waals surface area contributed by atoms with E-state index < -0.39 is 10.0 Å². The number of imidazole rings is 1. The van der Waals surface area contributed by atoms with E-state index in [9.17, 15) is 8.42 Å². The molecule has 0 aliphatic carbocycles. The molecule has 1 fully saturated rings. The Bertz CT molecular complexity index is 712. The highest BCUT2D eigenvalue weighted by atomic mass is 32.2. The average molecular weight is 306 g/mol. The molecule has 6 nitrogen and oxygen atoms in total. The van der Waals surface area contributed by atoms with Crippen LogP contribution in [0.25, 0.3) is 0 Å². The molecule has 112 valence electrons. The van der Waals surface area contributed by atoms with E-state index in [2.05, 4.69) is 9.97 Å². The number of hydrogen-bond donors (Lipinski definition) is 0. The predicted molar refractivity (Wildman–Crippen MR) is 78.1 cm³/mol. The molecule has 0 radical (unpaired) electrons. The van der Waals surface area contributed by atoms with Crippen LogP contribution in [0.15, 0.2) is 41.9 Å². The van der Waals surface area contributed by atoms with E-state index in [1.165, 1.54) is 6.33 Å². The van der Waals surface area contributed by atoms with E-state index in [1.54, 1.807) is 28.3 Å². The van der Waals surface area contributed by atoms with Crippen molar-refractivity contribution in [2.45, 2.75) is 30.3 Å². The van der Waals surface area contributed by atoms with Crippen LogP contribution < -0.4 is 0 Å². The molecule has 2 aromatic heterocycles. The van der Waals surface area contributed by atoms with Crippen molar-refractivity contribution in [1.82, 2.24) is 18.8 Å². The van der Waals surface area contributed by atoms with Crippen LogP contribution in [0.2, 0.25) is 0 Å². The number of aryl methyl sites for hydroxylation is 1. The van der Waals surface area contributed by atoms with Gasteiger partial charge in [-0.3, -0.25) is 4.98 Å². The van der Waals surface area contributed by atoms with E-state index in [1.807, 2.05) is 18.2 Å². The largest absolute Gasteiger partial charge is 0.339 e. The van der Waals surface area contributed by atoms with E-state index in [4.69, 9.17) is 0 Å². The minimum absolute atomic E-state index is 0.0353. The van der Waals surface area contributed by atoms with E-state index in [-0.39, 0.29) is 11.1 Å². The van der Waals surface area contributed by atoms with Crippen LogP contribution >= 0.6 is 0 Å².